The maximum atomic E-state index is 13.1. The average Bonchev–Trinajstić information content (AvgIpc) is 2.83. The Morgan fingerprint density at radius 3 is 2.29 bits per heavy atom. The van der Waals surface area contributed by atoms with E-state index < -0.39 is 0 Å². The number of anilines is 2. The van der Waals surface area contributed by atoms with Gasteiger partial charge in [-0.25, -0.2) is 4.98 Å². The van der Waals surface area contributed by atoms with Crippen molar-refractivity contribution in [1.82, 2.24) is 14.9 Å². The number of aromatic nitrogens is 2. The van der Waals surface area contributed by atoms with E-state index in [4.69, 9.17) is 14.5 Å². The Balaban J connectivity index is 1.44. The molecule has 0 unspecified atom stereocenters. The van der Waals surface area contributed by atoms with Crippen LogP contribution in [0.2, 0.25) is 0 Å². The van der Waals surface area contributed by atoms with E-state index in [1.54, 1.807) is 32.4 Å². The fraction of sp³-hybridized carbons (Fsp3) is 0.522. The van der Waals surface area contributed by atoms with E-state index in [0.29, 0.717) is 43.2 Å². The summed E-state index contributed by atoms with van der Waals surface area (Å²) in [4.78, 5) is 29.0. The number of methoxy groups -OCH3 is 2. The molecule has 4 rings (SSSR count). The summed E-state index contributed by atoms with van der Waals surface area (Å²) in [7, 11) is 3.16. The van der Waals surface area contributed by atoms with Crippen LogP contribution in [0.25, 0.3) is 0 Å². The highest BCUT2D eigenvalue weighted by molar-refractivity contribution is 5.97. The number of hydrogen-bond acceptors (Lipinski definition) is 7. The molecule has 0 bridgehead atoms. The monoisotopic (exact) mass is 425 g/mol. The van der Waals surface area contributed by atoms with Crippen LogP contribution in [-0.4, -0.2) is 74.3 Å². The molecule has 1 aromatic heterocycles. The van der Waals surface area contributed by atoms with Crippen LogP contribution in [0.5, 0.6) is 11.5 Å². The third-order valence-electron chi connectivity index (χ3n) is 6.00. The number of piperidine rings is 1. The SMILES string of the molecule is COc1ccc(C(=O)N2CCN(c3nc(C)cc(N4CCCCC4)n3)CC2)c(OC)c1. The van der Waals surface area contributed by atoms with E-state index in [2.05, 4.69) is 20.9 Å². The molecule has 2 fully saturated rings. The number of ether oxygens (including phenoxy) is 2. The molecule has 0 radical (unpaired) electrons. The van der Waals surface area contributed by atoms with Gasteiger partial charge in [0, 0.05) is 57.1 Å². The number of rotatable bonds is 5. The lowest BCUT2D eigenvalue weighted by molar-refractivity contribution is 0.0742. The highest BCUT2D eigenvalue weighted by Gasteiger charge is 2.26. The fourth-order valence-electron chi connectivity index (χ4n) is 4.22. The van der Waals surface area contributed by atoms with Gasteiger partial charge in [-0.15, -0.1) is 0 Å². The van der Waals surface area contributed by atoms with Crippen molar-refractivity contribution < 1.29 is 14.3 Å². The molecule has 166 valence electrons. The first-order valence-electron chi connectivity index (χ1n) is 11.0. The predicted molar refractivity (Wildman–Crippen MR) is 120 cm³/mol. The summed E-state index contributed by atoms with van der Waals surface area (Å²) in [6, 6.07) is 7.37. The largest absolute Gasteiger partial charge is 0.497 e. The third kappa shape index (κ3) is 4.68. The van der Waals surface area contributed by atoms with Crippen molar-refractivity contribution in [3.63, 3.8) is 0 Å². The topological polar surface area (TPSA) is 71.0 Å². The zero-order valence-corrected chi connectivity index (χ0v) is 18.6. The number of benzene rings is 1. The first-order valence-corrected chi connectivity index (χ1v) is 11.0. The quantitative estimate of drug-likeness (QED) is 0.729. The fourth-order valence-corrected chi connectivity index (χ4v) is 4.22. The molecule has 8 heteroatoms. The molecule has 31 heavy (non-hydrogen) atoms. The molecule has 1 amide bonds. The van der Waals surface area contributed by atoms with Gasteiger partial charge in [-0.1, -0.05) is 0 Å². The molecule has 0 aliphatic carbocycles. The van der Waals surface area contributed by atoms with Gasteiger partial charge in [0.2, 0.25) is 5.95 Å². The van der Waals surface area contributed by atoms with Crippen LogP contribution >= 0.6 is 0 Å². The summed E-state index contributed by atoms with van der Waals surface area (Å²) in [5.74, 6) is 2.94. The molecule has 2 saturated heterocycles. The number of hydrogen-bond donors (Lipinski definition) is 0. The van der Waals surface area contributed by atoms with E-state index in [1.165, 1.54) is 19.3 Å². The van der Waals surface area contributed by atoms with E-state index in [-0.39, 0.29) is 5.91 Å². The van der Waals surface area contributed by atoms with Crippen molar-refractivity contribution in [3.05, 3.63) is 35.5 Å². The summed E-state index contributed by atoms with van der Waals surface area (Å²) in [6.45, 7) is 6.77. The lowest BCUT2D eigenvalue weighted by Crippen LogP contribution is -2.49. The maximum Gasteiger partial charge on any atom is 0.257 e. The Morgan fingerprint density at radius 2 is 1.61 bits per heavy atom. The molecule has 2 aromatic rings. The Labute approximate surface area is 183 Å². The van der Waals surface area contributed by atoms with Gasteiger partial charge in [-0.2, -0.15) is 4.98 Å². The molecule has 0 saturated carbocycles. The smallest absolute Gasteiger partial charge is 0.257 e. The highest BCUT2D eigenvalue weighted by Crippen LogP contribution is 2.27. The Hall–Kier alpha value is -3.03. The number of carbonyl (C=O) groups excluding carboxylic acids is 1. The Morgan fingerprint density at radius 1 is 0.871 bits per heavy atom. The summed E-state index contributed by atoms with van der Waals surface area (Å²) < 4.78 is 10.6. The van der Waals surface area contributed by atoms with E-state index in [0.717, 1.165) is 30.5 Å². The summed E-state index contributed by atoms with van der Waals surface area (Å²) in [6.07, 6.45) is 3.73. The van der Waals surface area contributed by atoms with Crippen molar-refractivity contribution >= 4 is 17.7 Å². The van der Waals surface area contributed by atoms with Gasteiger partial charge >= 0.3 is 0 Å². The predicted octanol–water partition coefficient (Wildman–Crippen LogP) is 2.75. The van der Waals surface area contributed by atoms with Crippen molar-refractivity contribution in [3.8, 4) is 11.5 Å². The molecule has 0 N–H and O–H groups in total. The standard InChI is InChI=1S/C23H31N5O3/c1-17-15-21(26-9-5-4-6-10-26)25-23(24-17)28-13-11-27(12-14-28)22(29)19-8-7-18(30-2)16-20(19)31-3/h7-8,15-16H,4-6,9-14H2,1-3H3. The second kappa shape index (κ2) is 9.41. The summed E-state index contributed by atoms with van der Waals surface area (Å²) in [5.41, 5.74) is 1.53. The number of aryl methyl sites for hydroxylation is 1. The normalized spacial score (nSPS) is 16.9. The first-order chi connectivity index (χ1) is 15.1. The molecule has 3 heterocycles. The number of piperazine rings is 1. The minimum Gasteiger partial charge on any atom is -0.497 e. The van der Waals surface area contributed by atoms with Crippen LogP contribution in [0, 0.1) is 6.92 Å². The van der Waals surface area contributed by atoms with Crippen LogP contribution in [-0.2, 0) is 0 Å². The van der Waals surface area contributed by atoms with Crippen LogP contribution in [0.1, 0.15) is 35.3 Å². The van der Waals surface area contributed by atoms with Crippen LogP contribution in [0.4, 0.5) is 11.8 Å². The second-order valence-corrected chi connectivity index (χ2v) is 8.06. The van der Waals surface area contributed by atoms with Crippen molar-refractivity contribution in [2.75, 3.05) is 63.3 Å². The van der Waals surface area contributed by atoms with E-state index in [1.807, 2.05) is 11.8 Å². The molecular weight excluding hydrogens is 394 g/mol. The van der Waals surface area contributed by atoms with Gasteiger partial charge in [0.1, 0.15) is 17.3 Å². The Kier molecular flexibility index (Phi) is 6.44. The molecule has 2 aliphatic rings. The molecule has 0 atom stereocenters. The number of carbonyl (C=O) groups is 1. The molecule has 2 aliphatic heterocycles. The van der Waals surface area contributed by atoms with Crippen LogP contribution in [0.3, 0.4) is 0 Å². The summed E-state index contributed by atoms with van der Waals surface area (Å²) >= 11 is 0. The van der Waals surface area contributed by atoms with Gasteiger partial charge < -0.3 is 24.2 Å². The lowest BCUT2D eigenvalue weighted by atomic mass is 10.1. The first kappa shape index (κ1) is 21.2. The van der Waals surface area contributed by atoms with Crippen molar-refractivity contribution in [2.24, 2.45) is 0 Å². The minimum absolute atomic E-state index is 0.0293. The highest BCUT2D eigenvalue weighted by atomic mass is 16.5. The molecular formula is C23H31N5O3. The second-order valence-electron chi connectivity index (χ2n) is 8.06. The molecule has 0 spiro atoms. The zero-order chi connectivity index (χ0) is 21.8. The zero-order valence-electron chi connectivity index (χ0n) is 18.6. The van der Waals surface area contributed by atoms with Gasteiger partial charge in [-0.3, -0.25) is 4.79 Å². The van der Waals surface area contributed by atoms with Gasteiger partial charge in [0.25, 0.3) is 5.91 Å². The van der Waals surface area contributed by atoms with Gasteiger partial charge in [-0.05, 0) is 38.3 Å². The van der Waals surface area contributed by atoms with E-state index in [9.17, 15) is 4.79 Å². The van der Waals surface area contributed by atoms with Gasteiger partial charge in [0.15, 0.2) is 0 Å². The van der Waals surface area contributed by atoms with E-state index >= 15 is 0 Å². The van der Waals surface area contributed by atoms with Crippen LogP contribution < -0.4 is 19.3 Å². The third-order valence-corrected chi connectivity index (χ3v) is 6.00. The average molecular weight is 426 g/mol. The number of amides is 1. The van der Waals surface area contributed by atoms with Gasteiger partial charge in [0.05, 0.1) is 19.8 Å². The maximum absolute atomic E-state index is 13.1. The van der Waals surface area contributed by atoms with Crippen molar-refractivity contribution in [1.29, 1.82) is 0 Å². The molecule has 1 aromatic carbocycles. The molecule has 8 nitrogen and oxygen atoms in total. The Bertz CT molecular complexity index is 921. The lowest BCUT2D eigenvalue weighted by Gasteiger charge is -2.35. The summed E-state index contributed by atoms with van der Waals surface area (Å²) in [5, 5.41) is 0. The minimum atomic E-state index is -0.0293. The van der Waals surface area contributed by atoms with Crippen molar-refractivity contribution in [2.45, 2.75) is 26.2 Å². The van der Waals surface area contributed by atoms with Crippen LogP contribution in [0.15, 0.2) is 24.3 Å². The number of nitrogens with zero attached hydrogens (tertiary/aromatic N) is 5.